The van der Waals surface area contributed by atoms with E-state index < -0.39 is 0 Å². The van der Waals surface area contributed by atoms with Crippen LogP contribution in [0.1, 0.15) is 22.3 Å². The number of ether oxygens (including phenoxy) is 2. The smallest absolute Gasteiger partial charge is 0.190 e. The lowest BCUT2D eigenvalue weighted by Crippen LogP contribution is -2.00. The molecule has 1 aromatic rings. The maximum absolute atomic E-state index is 11.9. The molecule has 0 aromatic heterocycles. The van der Waals surface area contributed by atoms with Gasteiger partial charge >= 0.3 is 0 Å². The van der Waals surface area contributed by atoms with Gasteiger partial charge in [-0.2, -0.15) is 0 Å². The Kier molecular flexibility index (Phi) is 2.95. The van der Waals surface area contributed by atoms with Crippen molar-refractivity contribution in [3.05, 3.63) is 28.8 Å². The van der Waals surface area contributed by atoms with Crippen LogP contribution in [0, 0.1) is 0 Å². The highest BCUT2D eigenvalue weighted by Gasteiger charge is 2.24. The topological polar surface area (TPSA) is 52.6 Å². The predicted molar refractivity (Wildman–Crippen MR) is 62.5 cm³/mol. The Labute approximate surface area is 98.8 Å². The van der Waals surface area contributed by atoms with E-state index in [1.54, 1.807) is 18.2 Å². The Hall–Kier alpha value is -2.10. The monoisotopic (exact) mass is 232 g/mol. The van der Waals surface area contributed by atoms with E-state index in [9.17, 15) is 9.59 Å². The summed E-state index contributed by atoms with van der Waals surface area (Å²) in [5, 5.41) is 0. The molecule has 0 saturated heterocycles. The van der Waals surface area contributed by atoms with Gasteiger partial charge in [-0.15, -0.1) is 0 Å². The summed E-state index contributed by atoms with van der Waals surface area (Å²) in [6, 6.07) is 3.38. The lowest BCUT2D eigenvalue weighted by Gasteiger charge is -2.09. The summed E-state index contributed by atoms with van der Waals surface area (Å²) in [7, 11) is 3.06. The summed E-state index contributed by atoms with van der Waals surface area (Å²) < 4.78 is 10.3. The lowest BCUT2D eigenvalue weighted by molar-refractivity contribution is -0.107. The van der Waals surface area contributed by atoms with E-state index in [-0.39, 0.29) is 12.2 Å². The van der Waals surface area contributed by atoms with Crippen LogP contribution in [-0.4, -0.2) is 26.3 Å². The number of allylic oxidation sites excluding steroid dienone is 1. The van der Waals surface area contributed by atoms with Crippen LogP contribution < -0.4 is 9.47 Å². The fraction of sp³-hybridized carbons (Fsp3) is 0.231. The molecular formula is C13H12O4. The number of fused-ring (bicyclic) bond motifs is 1. The van der Waals surface area contributed by atoms with Gasteiger partial charge in [0.1, 0.15) is 6.29 Å². The van der Waals surface area contributed by atoms with Gasteiger partial charge in [-0.3, -0.25) is 4.79 Å². The Bertz CT molecular complexity index is 514. The highest BCUT2D eigenvalue weighted by Crippen LogP contribution is 2.36. The molecule has 1 aliphatic carbocycles. The number of carbonyl (C=O) groups excluding carboxylic acids is 2. The van der Waals surface area contributed by atoms with E-state index in [4.69, 9.17) is 9.47 Å². The largest absolute Gasteiger partial charge is 0.493 e. The van der Waals surface area contributed by atoms with Crippen molar-refractivity contribution in [1.82, 2.24) is 0 Å². The highest BCUT2D eigenvalue weighted by molar-refractivity contribution is 6.19. The molecule has 0 fully saturated rings. The van der Waals surface area contributed by atoms with E-state index in [2.05, 4.69) is 0 Å². The van der Waals surface area contributed by atoms with Crippen LogP contribution in [0.5, 0.6) is 11.5 Å². The summed E-state index contributed by atoms with van der Waals surface area (Å²) >= 11 is 0. The van der Waals surface area contributed by atoms with Crippen LogP contribution in [0.4, 0.5) is 0 Å². The minimum Gasteiger partial charge on any atom is -0.493 e. The normalized spacial score (nSPS) is 13.1. The average Bonchev–Trinajstić information content (AvgIpc) is 2.65. The fourth-order valence-corrected chi connectivity index (χ4v) is 1.88. The molecule has 1 aromatic carbocycles. The second-order valence-electron chi connectivity index (χ2n) is 3.66. The van der Waals surface area contributed by atoms with E-state index in [1.807, 2.05) is 0 Å². The number of benzene rings is 1. The SMILES string of the molecule is COc1cc2c(cc1OC)C(=O)C(CC=O)=C2. The number of carbonyl (C=O) groups is 2. The fourth-order valence-electron chi connectivity index (χ4n) is 1.88. The van der Waals surface area contributed by atoms with Crippen molar-refractivity contribution in [2.75, 3.05) is 14.2 Å². The number of rotatable bonds is 4. The van der Waals surface area contributed by atoms with Gasteiger partial charge < -0.3 is 14.3 Å². The van der Waals surface area contributed by atoms with Gasteiger partial charge in [0.05, 0.1) is 14.2 Å². The molecule has 0 N–H and O–H groups in total. The standard InChI is InChI=1S/C13H12O4/c1-16-11-6-9-5-8(3-4-14)13(15)10(9)7-12(11)17-2/h4-7H,3H2,1-2H3. The van der Waals surface area contributed by atoms with Gasteiger partial charge in [0.15, 0.2) is 17.3 Å². The Morgan fingerprint density at radius 3 is 2.41 bits per heavy atom. The highest BCUT2D eigenvalue weighted by atomic mass is 16.5. The van der Waals surface area contributed by atoms with Crippen molar-refractivity contribution in [3.63, 3.8) is 0 Å². The van der Waals surface area contributed by atoms with Crippen molar-refractivity contribution < 1.29 is 19.1 Å². The average molecular weight is 232 g/mol. The quantitative estimate of drug-likeness (QED) is 0.744. The maximum atomic E-state index is 11.9. The van der Waals surface area contributed by atoms with Gasteiger partial charge in [-0.05, 0) is 23.8 Å². The Morgan fingerprint density at radius 1 is 1.18 bits per heavy atom. The van der Waals surface area contributed by atoms with Crippen LogP contribution in [0.15, 0.2) is 17.7 Å². The third-order valence-corrected chi connectivity index (χ3v) is 2.72. The molecule has 0 unspecified atom stereocenters. The molecule has 0 radical (unpaired) electrons. The lowest BCUT2D eigenvalue weighted by atomic mass is 10.1. The van der Waals surface area contributed by atoms with Crippen LogP contribution >= 0.6 is 0 Å². The summed E-state index contributed by atoms with van der Waals surface area (Å²) in [6.07, 6.45) is 2.58. The zero-order valence-electron chi connectivity index (χ0n) is 9.65. The first-order chi connectivity index (χ1) is 8.21. The number of aldehydes is 1. The van der Waals surface area contributed by atoms with Crippen LogP contribution in [-0.2, 0) is 4.79 Å². The maximum Gasteiger partial charge on any atom is 0.190 e. The second kappa shape index (κ2) is 4.41. The van der Waals surface area contributed by atoms with Crippen molar-refractivity contribution in [2.24, 2.45) is 0 Å². The van der Waals surface area contributed by atoms with E-state index in [0.29, 0.717) is 22.6 Å². The molecule has 88 valence electrons. The van der Waals surface area contributed by atoms with Gasteiger partial charge in [0.2, 0.25) is 0 Å². The van der Waals surface area contributed by atoms with Gasteiger partial charge in [-0.1, -0.05) is 0 Å². The molecule has 1 aliphatic rings. The van der Waals surface area contributed by atoms with Crippen LogP contribution in [0.3, 0.4) is 0 Å². The minimum atomic E-state index is -0.118. The van der Waals surface area contributed by atoms with Crippen molar-refractivity contribution in [2.45, 2.75) is 6.42 Å². The van der Waals surface area contributed by atoms with Gasteiger partial charge in [0, 0.05) is 17.6 Å². The molecular weight excluding hydrogens is 220 g/mol. The first-order valence-electron chi connectivity index (χ1n) is 5.16. The van der Waals surface area contributed by atoms with Crippen LogP contribution in [0.2, 0.25) is 0 Å². The van der Waals surface area contributed by atoms with Crippen molar-refractivity contribution >= 4 is 18.1 Å². The van der Waals surface area contributed by atoms with E-state index in [0.717, 1.165) is 11.8 Å². The molecule has 0 spiro atoms. The number of methoxy groups -OCH3 is 2. The molecule has 0 bridgehead atoms. The minimum absolute atomic E-state index is 0.118. The van der Waals surface area contributed by atoms with Gasteiger partial charge in [-0.25, -0.2) is 0 Å². The summed E-state index contributed by atoms with van der Waals surface area (Å²) in [4.78, 5) is 22.4. The molecule has 4 heteroatoms. The zero-order chi connectivity index (χ0) is 12.4. The molecule has 0 amide bonds. The molecule has 4 nitrogen and oxygen atoms in total. The molecule has 0 aliphatic heterocycles. The zero-order valence-corrected chi connectivity index (χ0v) is 9.65. The third kappa shape index (κ3) is 1.82. The third-order valence-electron chi connectivity index (χ3n) is 2.72. The Balaban J connectivity index is 2.49. The first-order valence-corrected chi connectivity index (χ1v) is 5.16. The number of Topliss-reactive ketones (excluding diaryl/α,β-unsaturated/α-hetero) is 1. The second-order valence-corrected chi connectivity index (χ2v) is 3.66. The first kappa shape index (κ1) is 11.4. The molecule has 17 heavy (non-hydrogen) atoms. The summed E-state index contributed by atoms with van der Waals surface area (Å²) in [6.45, 7) is 0. The number of hydrogen-bond acceptors (Lipinski definition) is 4. The number of hydrogen-bond donors (Lipinski definition) is 0. The van der Waals surface area contributed by atoms with Crippen LogP contribution in [0.25, 0.3) is 6.08 Å². The Morgan fingerprint density at radius 2 is 1.82 bits per heavy atom. The molecule has 2 rings (SSSR count). The van der Waals surface area contributed by atoms with E-state index >= 15 is 0 Å². The summed E-state index contributed by atoms with van der Waals surface area (Å²) in [5.41, 5.74) is 1.83. The molecule has 0 atom stereocenters. The van der Waals surface area contributed by atoms with Crippen molar-refractivity contribution in [3.8, 4) is 11.5 Å². The molecule has 0 heterocycles. The number of ketones is 1. The van der Waals surface area contributed by atoms with Crippen molar-refractivity contribution in [1.29, 1.82) is 0 Å². The van der Waals surface area contributed by atoms with Gasteiger partial charge in [0.25, 0.3) is 0 Å². The van der Waals surface area contributed by atoms with E-state index in [1.165, 1.54) is 14.2 Å². The summed E-state index contributed by atoms with van der Waals surface area (Å²) in [5.74, 6) is 0.969. The molecule has 0 saturated carbocycles. The predicted octanol–water partition coefficient (Wildman–Crippen LogP) is 1.87.